The molecule has 2 aliphatic rings. The summed E-state index contributed by atoms with van der Waals surface area (Å²) in [6.07, 6.45) is 7.42. The van der Waals surface area contributed by atoms with Crippen molar-refractivity contribution in [1.82, 2.24) is 0 Å². The molecular weight excluding hydrogens is 844 g/mol. The molecule has 13 heteroatoms. The van der Waals surface area contributed by atoms with Crippen LogP contribution in [-0.4, -0.2) is 65.5 Å². The molecule has 230 valence electrons. The number of hydrogen-bond donors (Lipinski definition) is 0. The van der Waals surface area contributed by atoms with E-state index in [2.05, 4.69) is 80.1 Å². The van der Waals surface area contributed by atoms with Crippen LogP contribution in [0.2, 0.25) is 76.6 Å². The van der Waals surface area contributed by atoms with Gasteiger partial charge in [0.25, 0.3) is 0 Å². The van der Waals surface area contributed by atoms with Crippen LogP contribution in [0.5, 0.6) is 0 Å². The summed E-state index contributed by atoms with van der Waals surface area (Å²) < 4.78 is 37.0. The first kappa shape index (κ1) is 39.1. The largest absolute Gasteiger partial charge is 0.436 e. The van der Waals surface area contributed by atoms with Gasteiger partial charge in [0.2, 0.25) is 0 Å². The van der Waals surface area contributed by atoms with Gasteiger partial charge < -0.3 is 39.2 Å². The summed E-state index contributed by atoms with van der Waals surface area (Å²) in [6, 6.07) is 4.80. The first-order valence-electron chi connectivity index (χ1n) is 15.1. The minimum absolute atomic E-state index is 0. The van der Waals surface area contributed by atoms with Gasteiger partial charge in [-0.15, -0.1) is 0 Å². The van der Waals surface area contributed by atoms with Crippen LogP contribution < -0.4 is 0 Å². The SMILES string of the molecule is [CH2-]C(C)CCCCC[Si]1(C)CCCO[SiH](C)O[Si](C)(C)O1.[CH2-]C(C)C[Si]1(C)CCCO[SiH](C)O[Si](C)(C)O1.[Rf]. The molecule has 0 N–H and O–H groups in total. The molecule has 6 nitrogen and oxygen atoms in total. The standard InChI is InChI=1S/C15H35O3Si3.C11H27O3Si3.Rf/c1-15(2)11-8-7-9-13-21(6)14-10-12-16-19(3)17-20(4,5)18-21;1-11(2)10-17(6)9-7-8-12-15(3)13-16(4,5)14-17;/h15,19H,1,7-14H2,2-6H3;11,15H,1,7-10H2,2-6H3;/q2*-1;. The van der Waals surface area contributed by atoms with Gasteiger partial charge >= 0.3 is 35.7 Å². The Kier molecular flexibility index (Phi) is 17.9. The Morgan fingerprint density at radius 3 is 1.62 bits per heavy atom. The monoisotopic (exact) mass is 905 g/mol. The van der Waals surface area contributed by atoms with Gasteiger partial charge in [-0.2, -0.15) is 11.8 Å². The van der Waals surface area contributed by atoms with Gasteiger partial charge in [0.05, 0.1) is 0 Å². The fraction of sp³-hybridized carbons (Fsp3) is 0.923. The molecule has 2 fully saturated rings. The molecule has 2 aliphatic heterocycles. The van der Waals surface area contributed by atoms with Gasteiger partial charge in [-0.25, -0.2) is 0 Å². The van der Waals surface area contributed by atoms with Gasteiger partial charge in [0, 0.05) is 13.2 Å². The molecule has 0 aromatic carbocycles. The molecule has 0 radical (unpaired) electrons. The Bertz CT molecular complexity index is 662. The number of hydrogen-bond acceptors (Lipinski definition) is 6. The van der Waals surface area contributed by atoms with Crippen molar-refractivity contribution in [3.63, 3.8) is 0 Å². The van der Waals surface area contributed by atoms with E-state index in [0.717, 1.165) is 32.1 Å². The van der Waals surface area contributed by atoms with E-state index in [4.69, 9.17) is 25.3 Å². The van der Waals surface area contributed by atoms with Crippen molar-refractivity contribution >= 4 is 52.3 Å². The number of unbranched alkanes of at least 4 members (excludes halogenated alkanes) is 2. The molecule has 6 unspecified atom stereocenters. The van der Waals surface area contributed by atoms with Crippen molar-refractivity contribution in [2.45, 2.75) is 129 Å². The molecule has 0 saturated carbocycles. The van der Waals surface area contributed by atoms with Gasteiger partial charge in [0.1, 0.15) is 0 Å². The second-order valence-corrected chi connectivity index (χ2v) is 33.0. The maximum Gasteiger partial charge on any atom is 0.312 e. The van der Waals surface area contributed by atoms with Crippen LogP contribution in [0.25, 0.3) is 0 Å². The van der Waals surface area contributed by atoms with Crippen molar-refractivity contribution in [3.05, 3.63) is 13.8 Å². The summed E-state index contributed by atoms with van der Waals surface area (Å²) in [4.78, 5) is 0. The van der Waals surface area contributed by atoms with Crippen LogP contribution in [0.1, 0.15) is 52.4 Å². The van der Waals surface area contributed by atoms with E-state index < -0.39 is 52.3 Å². The van der Waals surface area contributed by atoms with Crippen LogP contribution in [-0.2, 0) is 25.3 Å². The molecular formula is C26H62O6RfSi6-2. The van der Waals surface area contributed by atoms with E-state index >= 15 is 0 Å². The molecule has 0 aromatic rings. The maximum absolute atomic E-state index is 6.64. The number of rotatable bonds is 8. The van der Waals surface area contributed by atoms with Crippen molar-refractivity contribution < 1.29 is 25.3 Å². The van der Waals surface area contributed by atoms with Gasteiger partial charge in [-0.1, -0.05) is 45.6 Å². The molecule has 0 aromatic heterocycles. The average Bonchev–Trinajstić information content (AvgIpc) is 2.79. The summed E-state index contributed by atoms with van der Waals surface area (Å²) in [5, 5.41) is 0. The Morgan fingerprint density at radius 2 is 1.15 bits per heavy atom. The third kappa shape index (κ3) is 18.3. The molecule has 0 amide bonds. The molecule has 0 bridgehead atoms. The first-order valence-corrected chi connectivity index (χ1v) is 30.6. The van der Waals surface area contributed by atoms with Crippen molar-refractivity contribution in [2.75, 3.05) is 13.2 Å². The van der Waals surface area contributed by atoms with Gasteiger partial charge in [-0.05, 0) is 83.4 Å². The molecule has 0 spiro atoms. The smallest absolute Gasteiger partial charge is 0.312 e. The van der Waals surface area contributed by atoms with Crippen molar-refractivity contribution in [3.8, 4) is 0 Å². The van der Waals surface area contributed by atoms with Crippen molar-refractivity contribution in [1.29, 1.82) is 0 Å². The molecule has 0 aliphatic carbocycles. The van der Waals surface area contributed by atoms with E-state index in [9.17, 15) is 0 Å². The van der Waals surface area contributed by atoms with E-state index in [1.807, 2.05) is 0 Å². The topological polar surface area (TPSA) is 55.4 Å². The van der Waals surface area contributed by atoms with Crippen LogP contribution in [0.15, 0.2) is 0 Å². The van der Waals surface area contributed by atoms with Gasteiger partial charge in [0.15, 0.2) is 16.6 Å². The Balaban J connectivity index is 0.000000737. The molecule has 2 heterocycles. The molecule has 2 saturated heterocycles. The van der Waals surface area contributed by atoms with E-state index in [0.29, 0.717) is 11.8 Å². The minimum atomic E-state index is -2.00. The van der Waals surface area contributed by atoms with Crippen LogP contribution in [0.4, 0.5) is 0 Å². The van der Waals surface area contributed by atoms with E-state index in [1.54, 1.807) is 0 Å². The second-order valence-electron chi connectivity index (χ2n) is 13.2. The summed E-state index contributed by atoms with van der Waals surface area (Å²) in [5.41, 5.74) is 0. The molecule has 39 heavy (non-hydrogen) atoms. The predicted octanol–water partition coefficient (Wildman–Crippen LogP) is 7.64. The fourth-order valence-corrected chi connectivity index (χ4v) is 30.8. The summed E-state index contributed by atoms with van der Waals surface area (Å²) in [6.45, 7) is 32.0. The fourth-order valence-electron chi connectivity index (χ4n) is 5.82. The summed E-state index contributed by atoms with van der Waals surface area (Å²) >= 11 is 0. The molecule has 6 atom stereocenters. The van der Waals surface area contributed by atoms with Gasteiger partial charge in [-0.3, -0.25) is 0 Å². The van der Waals surface area contributed by atoms with Crippen molar-refractivity contribution in [2.24, 2.45) is 11.8 Å². The maximum atomic E-state index is 6.64. The van der Waals surface area contributed by atoms with Crippen LogP contribution in [0, 0.1) is 25.7 Å². The zero-order chi connectivity index (χ0) is 29.0. The third-order valence-corrected chi connectivity index (χ3v) is 29.2. The van der Waals surface area contributed by atoms with E-state index in [1.165, 1.54) is 43.8 Å². The third-order valence-electron chi connectivity index (χ3n) is 6.97. The average molecular weight is 906 g/mol. The minimum Gasteiger partial charge on any atom is -0.436 e. The first-order chi connectivity index (χ1) is 17.4. The zero-order valence-electron chi connectivity index (χ0n) is 27.4. The summed E-state index contributed by atoms with van der Waals surface area (Å²) in [5.74, 6) is 1.05. The molecule has 2 rings (SSSR count). The Morgan fingerprint density at radius 1 is 0.692 bits per heavy atom. The zero-order valence-corrected chi connectivity index (χ0v) is 40.1. The van der Waals surface area contributed by atoms with Crippen LogP contribution in [0.3, 0.4) is 0 Å². The van der Waals surface area contributed by atoms with Crippen LogP contribution >= 0.6 is 0 Å². The Labute approximate surface area is 244 Å². The predicted molar refractivity (Wildman–Crippen MR) is 176 cm³/mol. The normalized spacial score (nSPS) is 33.2. The second kappa shape index (κ2) is 17.9. The summed E-state index contributed by atoms with van der Waals surface area (Å²) in [7, 11) is -10.2. The Hall–Kier alpha value is 0.0613. The van der Waals surface area contributed by atoms with E-state index in [-0.39, 0.29) is 0 Å². The quantitative estimate of drug-likeness (QED) is 0.142.